The summed E-state index contributed by atoms with van der Waals surface area (Å²) >= 11 is 0. The number of amidine groups is 1. The van der Waals surface area contributed by atoms with E-state index in [1.54, 1.807) is 43.3 Å². The molecule has 9 heteroatoms. The van der Waals surface area contributed by atoms with Crippen molar-refractivity contribution in [3.63, 3.8) is 0 Å². The van der Waals surface area contributed by atoms with Crippen molar-refractivity contribution in [2.45, 2.75) is 13.0 Å². The molecule has 1 aliphatic rings. The number of aliphatic imine (C=N–C) groups is 1. The minimum absolute atomic E-state index is 0.106. The van der Waals surface area contributed by atoms with E-state index in [4.69, 9.17) is 16.4 Å². The Morgan fingerprint density at radius 2 is 1.89 bits per heavy atom. The molecule has 3 rings (SSSR count). The summed E-state index contributed by atoms with van der Waals surface area (Å²) in [6.45, 7) is 1.60. The van der Waals surface area contributed by atoms with Crippen molar-refractivity contribution in [3.05, 3.63) is 59.3 Å². The number of pyridine rings is 1. The normalized spacial score (nSPS) is 14.5. The third-order valence-electron chi connectivity index (χ3n) is 4.00. The van der Waals surface area contributed by atoms with Gasteiger partial charge in [0.1, 0.15) is 17.7 Å². The maximum absolute atomic E-state index is 12.7. The van der Waals surface area contributed by atoms with E-state index in [0.29, 0.717) is 22.5 Å². The van der Waals surface area contributed by atoms with Gasteiger partial charge in [-0.1, -0.05) is 12.1 Å². The van der Waals surface area contributed by atoms with Crippen LogP contribution in [-0.4, -0.2) is 39.5 Å². The van der Waals surface area contributed by atoms with Crippen molar-refractivity contribution in [2.24, 2.45) is 10.7 Å². The van der Waals surface area contributed by atoms with Crippen molar-refractivity contribution >= 4 is 29.4 Å². The molecule has 27 heavy (non-hydrogen) atoms. The molecular formula is C18H15N7O2. The monoisotopic (exact) mass is 361 g/mol. The molecule has 1 aromatic heterocycles. The lowest BCUT2D eigenvalue weighted by molar-refractivity contribution is 0.0635. The van der Waals surface area contributed by atoms with Crippen LogP contribution in [0.15, 0.2) is 47.6 Å². The Balaban J connectivity index is 1.92. The second-order valence-electron chi connectivity index (χ2n) is 5.75. The second kappa shape index (κ2) is 7.05. The average Bonchev–Trinajstić information content (AvgIpc) is 2.92. The van der Waals surface area contributed by atoms with Crippen molar-refractivity contribution in [1.29, 1.82) is 10.7 Å². The van der Waals surface area contributed by atoms with Crippen molar-refractivity contribution < 1.29 is 9.59 Å². The molecule has 0 saturated carbocycles. The van der Waals surface area contributed by atoms with Crippen LogP contribution in [0.5, 0.6) is 0 Å². The van der Waals surface area contributed by atoms with Gasteiger partial charge in [0.2, 0.25) is 5.96 Å². The molecule has 2 aromatic rings. The first-order valence-corrected chi connectivity index (χ1v) is 7.95. The molecule has 4 N–H and O–H groups in total. The highest BCUT2D eigenvalue weighted by Gasteiger charge is 2.40. The Morgan fingerprint density at radius 1 is 1.26 bits per heavy atom. The molecule has 0 fully saturated rings. The zero-order valence-electron chi connectivity index (χ0n) is 14.3. The number of benzene rings is 1. The zero-order chi connectivity index (χ0) is 19.6. The maximum atomic E-state index is 12.7. The number of carbonyl (C=O) groups excluding carboxylic acids is 2. The third-order valence-corrected chi connectivity index (χ3v) is 4.00. The Labute approximate surface area is 154 Å². The van der Waals surface area contributed by atoms with Crippen molar-refractivity contribution in [1.82, 2.24) is 9.88 Å². The van der Waals surface area contributed by atoms with Gasteiger partial charge in [0.25, 0.3) is 11.8 Å². The number of fused-ring (bicyclic) bond motifs is 1. The van der Waals surface area contributed by atoms with E-state index in [2.05, 4.69) is 15.3 Å². The van der Waals surface area contributed by atoms with Crippen LogP contribution in [0.3, 0.4) is 0 Å². The van der Waals surface area contributed by atoms with E-state index in [9.17, 15) is 9.59 Å². The molecular weight excluding hydrogens is 346 g/mol. The van der Waals surface area contributed by atoms with Crippen LogP contribution in [0.25, 0.3) is 0 Å². The van der Waals surface area contributed by atoms with E-state index >= 15 is 0 Å². The van der Waals surface area contributed by atoms with Gasteiger partial charge in [-0.05, 0) is 31.2 Å². The number of rotatable bonds is 3. The summed E-state index contributed by atoms with van der Waals surface area (Å²) in [5.74, 6) is -0.954. The van der Waals surface area contributed by atoms with Crippen molar-refractivity contribution in [3.8, 4) is 6.07 Å². The molecule has 1 unspecified atom stereocenters. The smallest absolute Gasteiger partial charge is 0.262 e. The number of guanidine groups is 1. The molecule has 1 aliphatic heterocycles. The first-order valence-electron chi connectivity index (χ1n) is 7.95. The predicted molar refractivity (Wildman–Crippen MR) is 98.3 cm³/mol. The standard InChI is InChI=1S/C18H15N7O2/c1-10(25-16(26)12-4-2-3-5-13(12)17(25)27)15(24-18(20)21)23-14-7-6-11(8-19)9-22-14/h2-7,9-10H,1H3,(H4,20,21,22,23,24). The average molecular weight is 361 g/mol. The lowest BCUT2D eigenvalue weighted by Gasteiger charge is -2.24. The van der Waals surface area contributed by atoms with Crippen molar-refractivity contribution in [2.75, 3.05) is 5.32 Å². The largest absolute Gasteiger partial charge is 0.368 e. The number of amides is 2. The first kappa shape index (κ1) is 17.8. The van der Waals surface area contributed by atoms with Crippen LogP contribution in [0.1, 0.15) is 33.2 Å². The van der Waals surface area contributed by atoms with Gasteiger partial charge in [-0.3, -0.25) is 19.9 Å². The lowest BCUT2D eigenvalue weighted by Crippen LogP contribution is -2.46. The molecule has 1 atom stereocenters. The quantitative estimate of drug-likeness (QED) is 0.427. The number of hydrogen-bond acceptors (Lipinski definition) is 5. The number of aromatic nitrogens is 1. The van der Waals surface area contributed by atoms with E-state index < -0.39 is 23.8 Å². The molecule has 2 amide bonds. The molecule has 0 spiro atoms. The predicted octanol–water partition coefficient (Wildman–Crippen LogP) is 1.34. The van der Waals surface area contributed by atoms with E-state index in [1.807, 2.05) is 6.07 Å². The van der Waals surface area contributed by atoms with Crippen LogP contribution >= 0.6 is 0 Å². The Kier molecular flexibility index (Phi) is 4.64. The highest BCUT2D eigenvalue weighted by Crippen LogP contribution is 2.25. The summed E-state index contributed by atoms with van der Waals surface area (Å²) in [6.07, 6.45) is 1.36. The minimum Gasteiger partial charge on any atom is -0.368 e. The number of hydrogen-bond donors (Lipinski definition) is 3. The van der Waals surface area contributed by atoms with Crippen LogP contribution in [-0.2, 0) is 0 Å². The number of nitrogens with one attached hydrogen (secondary N) is 2. The number of nitriles is 1. The summed E-state index contributed by atoms with van der Waals surface area (Å²) in [7, 11) is 0. The summed E-state index contributed by atoms with van der Waals surface area (Å²) in [5.41, 5.74) is 6.39. The van der Waals surface area contributed by atoms with Crippen LogP contribution < -0.4 is 11.1 Å². The first-order chi connectivity index (χ1) is 12.9. The molecule has 9 nitrogen and oxygen atoms in total. The fourth-order valence-corrected chi connectivity index (χ4v) is 2.70. The topological polar surface area (TPSA) is 148 Å². The fraction of sp³-hybridized carbons (Fsp3) is 0.111. The molecule has 1 aromatic carbocycles. The third kappa shape index (κ3) is 3.36. The SMILES string of the molecule is CC(/C(=N/C(=N)N)Nc1ccc(C#N)cn1)N1C(=O)c2ccccc2C1=O. The number of imide groups is 1. The van der Waals surface area contributed by atoms with Gasteiger partial charge in [0.05, 0.1) is 22.7 Å². The maximum Gasteiger partial charge on any atom is 0.262 e. The highest BCUT2D eigenvalue weighted by molar-refractivity contribution is 6.23. The number of nitrogens with two attached hydrogens (primary N) is 1. The number of nitrogens with zero attached hydrogens (tertiary/aromatic N) is 4. The lowest BCUT2D eigenvalue weighted by atomic mass is 10.1. The summed E-state index contributed by atoms with van der Waals surface area (Å²) in [6, 6.07) is 10.8. The van der Waals surface area contributed by atoms with Gasteiger partial charge < -0.3 is 11.1 Å². The molecule has 0 saturated heterocycles. The molecule has 2 heterocycles. The fourth-order valence-electron chi connectivity index (χ4n) is 2.70. The Hall–Kier alpha value is -4.06. The Bertz CT molecular complexity index is 970. The van der Waals surface area contributed by atoms with Crippen LogP contribution in [0.4, 0.5) is 5.82 Å². The summed E-state index contributed by atoms with van der Waals surface area (Å²) in [4.78, 5) is 34.4. The van der Waals surface area contributed by atoms with Gasteiger partial charge in [-0.25, -0.2) is 4.98 Å². The Morgan fingerprint density at radius 3 is 2.37 bits per heavy atom. The van der Waals surface area contributed by atoms with Gasteiger partial charge in [-0.2, -0.15) is 10.3 Å². The molecule has 0 radical (unpaired) electrons. The van der Waals surface area contributed by atoms with Crippen LogP contribution in [0.2, 0.25) is 0 Å². The highest BCUT2D eigenvalue weighted by atomic mass is 16.2. The van der Waals surface area contributed by atoms with Gasteiger partial charge in [0, 0.05) is 6.20 Å². The van der Waals surface area contributed by atoms with E-state index in [-0.39, 0.29) is 5.84 Å². The van der Waals surface area contributed by atoms with Gasteiger partial charge in [-0.15, -0.1) is 0 Å². The summed E-state index contributed by atoms with van der Waals surface area (Å²) in [5, 5.41) is 19.2. The number of anilines is 1. The second-order valence-corrected chi connectivity index (χ2v) is 5.75. The zero-order valence-corrected chi connectivity index (χ0v) is 14.3. The minimum atomic E-state index is -0.821. The molecule has 0 bridgehead atoms. The van der Waals surface area contributed by atoms with E-state index in [0.717, 1.165) is 4.90 Å². The molecule has 0 aliphatic carbocycles. The van der Waals surface area contributed by atoms with E-state index in [1.165, 1.54) is 6.20 Å². The molecule has 134 valence electrons. The van der Waals surface area contributed by atoms with Gasteiger partial charge >= 0.3 is 0 Å². The van der Waals surface area contributed by atoms with Crippen LogP contribution in [0, 0.1) is 16.7 Å². The van der Waals surface area contributed by atoms with Gasteiger partial charge in [0.15, 0.2) is 0 Å². The number of carbonyl (C=O) groups is 2. The summed E-state index contributed by atoms with van der Waals surface area (Å²) < 4.78 is 0.